The van der Waals surface area contributed by atoms with Crippen molar-refractivity contribution in [3.05, 3.63) is 48.9 Å². The van der Waals surface area contributed by atoms with E-state index in [0.717, 1.165) is 11.5 Å². The van der Waals surface area contributed by atoms with E-state index in [9.17, 15) is 0 Å². The van der Waals surface area contributed by atoms with Crippen LogP contribution in [0.5, 0.6) is 11.5 Å². The number of rotatable bonds is 8. The quantitative estimate of drug-likeness (QED) is 0.402. The van der Waals surface area contributed by atoms with E-state index in [-0.39, 0.29) is 13.6 Å². The zero-order valence-electron chi connectivity index (χ0n) is 10.7. The van der Waals surface area contributed by atoms with Gasteiger partial charge in [0, 0.05) is 0 Å². The standard InChI is InChI=1S/C14H18O4/c1-3-9-15-11-17-13-5-7-14(8-6-13)18-12-16-10-4-2/h3-10H,11-12H2,1-2H3/b9-3-,10-4-. The van der Waals surface area contributed by atoms with Gasteiger partial charge < -0.3 is 18.9 Å². The van der Waals surface area contributed by atoms with Gasteiger partial charge in [-0.2, -0.15) is 0 Å². The summed E-state index contributed by atoms with van der Waals surface area (Å²) in [6, 6.07) is 7.24. The maximum atomic E-state index is 5.33. The van der Waals surface area contributed by atoms with Crippen molar-refractivity contribution in [3.63, 3.8) is 0 Å². The van der Waals surface area contributed by atoms with Crippen LogP contribution in [0.25, 0.3) is 0 Å². The van der Waals surface area contributed by atoms with Gasteiger partial charge in [-0.05, 0) is 38.1 Å². The maximum absolute atomic E-state index is 5.33. The molecule has 0 radical (unpaired) electrons. The minimum absolute atomic E-state index is 0.189. The molecular weight excluding hydrogens is 232 g/mol. The molecule has 18 heavy (non-hydrogen) atoms. The molecule has 0 saturated heterocycles. The molecule has 0 amide bonds. The van der Waals surface area contributed by atoms with Crippen molar-refractivity contribution in [3.8, 4) is 11.5 Å². The summed E-state index contributed by atoms with van der Waals surface area (Å²) in [5.41, 5.74) is 0. The first-order valence-corrected chi connectivity index (χ1v) is 5.68. The van der Waals surface area contributed by atoms with E-state index in [4.69, 9.17) is 18.9 Å². The molecule has 0 spiro atoms. The lowest BCUT2D eigenvalue weighted by molar-refractivity contribution is 0.0766. The molecule has 0 aliphatic carbocycles. The molecule has 0 atom stereocenters. The van der Waals surface area contributed by atoms with E-state index in [1.54, 1.807) is 24.7 Å². The molecule has 0 aromatic heterocycles. The van der Waals surface area contributed by atoms with E-state index in [1.807, 2.05) is 38.1 Å². The molecule has 1 rings (SSSR count). The number of hydrogen-bond acceptors (Lipinski definition) is 4. The minimum atomic E-state index is 0.189. The van der Waals surface area contributed by atoms with Gasteiger partial charge in [-0.1, -0.05) is 12.2 Å². The van der Waals surface area contributed by atoms with Crippen molar-refractivity contribution in [1.29, 1.82) is 0 Å². The summed E-state index contributed by atoms with van der Waals surface area (Å²) in [5.74, 6) is 1.45. The minimum Gasteiger partial charge on any atom is -0.465 e. The predicted octanol–water partition coefficient (Wildman–Crippen LogP) is 3.46. The Bertz CT molecular complexity index is 331. The van der Waals surface area contributed by atoms with Gasteiger partial charge in [0.05, 0.1) is 12.5 Å². The van der Waals surface area contributed by atoms with Crippen molar-refractivity contribution in [2.24, 2.45) is 0 Å². The molecule has 0 heterocycles. The Morgan fingerprint density at radius 1 is 0.778 bits per heavy atom. The van der Waals surface area contributed by atoms with Crippen LogP contribution in [-0.2, 0) is 9.47 Å². The van der Waals surface area contributed by atoms with Crippen LogP contribution in [0.4, 0.5) is 0 Å². The summed E-state index contributed by atoms with van der Waals surface area (Å²) >= 11 is 0. The first kappa shape index (κ1) is 14.0. The normalized spacial score (nSPS) is 10.8. The Morgan fingerprint density at radius 2 is 1.17 bits per heavy atom. The van der Waals surface area contributed by atoms with E-state index in [0.29, 0.717) is 0 Å². The van der Waals surface area contributed by atoms with Crippen LogP contribution >= 0.6 is 0 Å². The highest BCUT2D eigenvalue weighted by Crippen LogP contribution is 2.17. The molecule has 0 unspecified atom stereocenters. The molecule has 0 bridgehead atoms. The third-order valence-electron chi connectivity index (χ3n) is 1.88. The lowest BCUT2D eigenvalue weighted by Crippen LogP contribution is -2.00. The predicted molar refractivity (Wildman–Crippen MR) is 69.2 cm³/mol. The number of hydrogen-bond donors (Lipinski definition) is 0. The van der Waals surface area contributed by atoms with Gasteiger partial charge in [0.1, 0.15) is 11.5 Å². The molecule has 0 saturated carbocycles. The van der Waals surface area contributed by atoms with Gasteiger partial charge >= 0.3 is 0 Å². The number of allylic oxidation sites excluding steroid dienone is 2. The first-order valence-electron chi connectivity index (χ1n) is 5.68. The Balaban J connectivity index is 2.28. The summed E-state index contributed by atoms with van der Waals surface area (Å²) < 4.78 is 20.8. The van der Waals surface area contributed by atoms with Crippen LogP contribution in [0.2, 0.25) is 0 Å². The Morgan fingerprint density at radius 3 is 1.50 bits per heavy atom. The molecule has 4 nitrogen and oxygen atoms in total. The van der Waals surface area contributed by atoms with Crippen molar-refractivity contribution in [2.75, 3.05) is 13.6 Å². The summed E-state index contributed by atoms with van der Waals surface area (Å²) in [6.45, 7) is 4.13. The number of ether oxygens (including phenoxy) is 4. The van der Waals surface area contributed by atoms with Gasteiger partial charge in [-0.15, -0.1) is 0 Å². The fourth-order valence-corrected chi connectivity index (χ4v) is 1.11. The molecule has 98 valence electrons. The molecule has 0 N–H and O–H groups in total. The Hall–Kier alpha value is -2.10. The second-order valence-corrected chi connectivity index (χ2v) is 3.27. The third kappa shape index (κ3) is 5.84. The fourth-order valence-electron chi connectivity index (χ4n) is 1.11. The number of benzene rings is 1. The van der Waals surface area contributed by atoms with Crippen molar-refractivity contribution < 1.29 is 18.9 Å². The van der Waals surface area contributed by atoms with Crippen LogP contribution in [-0.4, -0.2) is 13.6 Å². The topological polar surface area (TPSA) is 36.9 Å². The zero-order chi connectivity index (χ0) is 13.1. The van der Waals surface area contributed by atoms with Crippen LogP contribution in [0.15, 0.2) is 48.9 Å². The maximum Gasteiger partial charge on any atom is 0.229 e. The summed E-state index contributed by atoms with van der Waals surface area (Å²) in [6.07, 6.45) is 6.75. The molecular formula is C14H18O4. The Labute approximate surface area is 107 Å². The molecule has 1 aromatic carbocycles. The SMILES string of the molecule is C/C=C\OCOc1ccc(OCO/C=C\C)cc1. The van der Waals surface area contributed by atoms with Gasteiger partial charge in [-0.3, -0.25) is 0 Å². The monoisotopic (exact) mass is 250 g/mol. The third-order valence-corrected chi connectivity index (χ3v) is 1.88. The highest BCUT2D eigenvalue weighted by molar-refractivity contribution is 5.31. The molecule has 0 fully saturated rings. The second-order valence-electron chi connectivity index (χ2n) is 3.27. The van der Waals surface area contributed by atoms with E-state index < -0.39 is 0 Å². The lowest BCUT2D eigenvalue weighted by Gasteiger charge is -2.08. The fraction of sp³-hybridized carbons (Fsp3) is 0.286. The van der Waals surface area contributed by atoms with Gasteiger partial charge in [0.2, 0.25) is 13.6 Å². The van der Waals surface area contributed by atoms with Crippen molar-refractivity contribution in [1.82, 2.24) is 0 Å². The van der Waals surface area contributed by atoms with Crippen LogP contribution in [0, 0.1) is 0 Å². The molecule has 0 aliphatic heterocycles. The highest BCUT2D eigenvalue weighted by atomic mass is 16.7. The average molecular weight is 250 g/mol. The smallest absolute Gasteiger partial charge is 0.229 e. The van der Waals surface area contributed by atoms with Crippen LogP contribution in [0.1, 0.15) is 13.8 Å². The first-order chi connectivity index (χ1) is 8.86. The van der Waals surface area contributed by atoms with Gasteiger partial charge in [-0.25, -0.2) is 0 Å². The van der Waals surface area contributed by atoms with Crippen molar-refractivity contribution in [2.45, 2.75) is 13.8 Å². The summed E-state index contributed by atoms with van der Waals surface area (Å²) in [7, 11) is 0. The largest absolute Gasteiger partial charge is 0.465 e. The van der Waals surface area contributed by atoms with E-state index in [1.165, 1.54) is 0 Å². The summed E-state index contributed by atoms with van der Waals surface area (Å²) in [4.78, 5) is 0. The van der Waals surface area contributed by atoms with E-state index >= 15 is 0 Å². The summed E-state index contributed by atoms with van der Waals surface area (Å²) in [5, 5.41) is 0. The second kappa shape index (κ2) is 8.98. The zero-order valence-corrected chi connectivity index (χ0v) is 10.7. The lowest BCUT2D eigenvalue weighted by atomic mass is 10.3. The van der Waals surface area contributed by atoms with E-state index in [2.05, 4.69) is 0 Å². The molecule has 1 aromatic rings. The molecule has 0 aliphatic rings. The van der Waals surface area contributed by atoms with Crippen molar-refractivity contribution >= 4 is 0 Å². The van der Waals surface area contributed by atoms with Crippen LogP contribution in [0.3, 0.4) is 0 Å². The Kier molecular flexibility index (Phi) is 6.97. The van der Waals surface area contributed by atoms with Gasteiger partial charge in [0.15, 0.2) is 0 Å². The average Bonchev–Trinajstić information content (AvgIpc) is 2.41. The highest BCUT2D eigenvalue weighted by Gasteiger charge is 1.95. The van der Waals surface area contributed by atoms with Gasteiger partial charge in [0.25, 0.3) is 0 Å². The van der Waals surface area contributed by atoms with Crippen LogP contribution < -0.4 is 9.47 Å². The molecule has 4 heteroatoms.